The summed E-state index contributed by atoms with van der Waals surface area (Å²) in [6.45, 7) is 3.65. The van der Waals surface area contributed by atoms with Gasteiger partial charge in [0.25, 0.3) is 5.56 Å². The van der Waals surface area contributed by atoms with E-state index in [0.29, 0.717) is 6.04 Å². The lowest BCUT2D eigenvalue weighted by Gasteiger charge is -2.23. The summed E-state index contributed by atoms with van der Waals surface area (Å²) in [4.78, 5) is 15.7. The number of nitrogens with one attached hydrogen (secondary N) is 1. The molecule has 82 valence electrons. The molecule has 1 N–H and O–H groups in total. The Hall–Kier alpha value is -1.16. The Morgan fingerprint density at radius 2 is 2.47 bits per heavy atom. The first-order valence-corrected chi connectivity index (χ1v) is 5.52. The molecular weight excluding hydrogens is 190 g/mol. The van der Waals surface area contributed by atoms with Crippen LogP contribution in [0.4, 0.5) is 0 Å². The van der Waals surface area contributed by atoms with Gasteiger partial charge in [0.15, 0.2) is 0 Å². The number of hydrogen-bond donors (Lipinski definition) is 1. The zero-order valence-corrected chi connectivity index (χ0v) is 9.07. The molecule has 1 atom stereocenters. The molecule has 1 aromatic rings. The third kappa shape index (κ3) is 2.65. The Balaban J connectivity index is 2.06. The fourth-order valence-electron chi connectivity index (χ4n) is 1.97. The van der Waals surface area contributed by atoms with E-state index in [2.05, 4.69) is 10.3 Å². The number of aromatic nitrogens is 2. The summed E-state index contributed by atoms with van der Waals surface area (Å²) in [5, 5.41) is 3.42. The molecule has 2 heterocycles. The molecule has 0 saturated carbocycles. The molecule has 0 aromatic carbocycles. The van der Waals surface area contributed by atoms with E-state index in [-0.39, 0.29) is 5.56 Å². The minimum Gasteiger partial charge on any atom is -0.312 e. The van der Waals surface area contributed by atoms with Gasteiger partial charge < -0.3 is 5.32 Å². The van der Waals surface area contributed by atoms with Crippen LogP contribution in [0.3, 0.4) is 0 Å². The standard InChI is InChI=1S/C11H17N3O/c1-9-6-11(15)14(8-13-9)7-10-4-2-3-5-12-10/h6,8,10,12H,2-5,7H2,1H3. The highest BCUT2D eigenvalue weighted by atomic mass is 16.1. The number of rotatable bonds is 2. The number of piperidine rings is 1. The second-order valence-electron chi connectivity index (χ2n) is 4.17. The van der Waals surface area contributed by atoms with E-state index in [1.807, 2.05) is 6.92 Å². The summed E-state index contributed by atoms with van der Waals surface area (Å²) in [5.41, 5.74) is 0.836. The van der Waals surface area contributed by atoms with Gasteiger partial charge in [0.1, 0.15) is 0 Å². The average Bonchev–Trinajstić information content (AvgIpc) is 2.24. The van der Waals surface area contributed by atoms with E-state index < -0.39 is 0 Å². The fraction of sp³-hybridized carbons (Fsp3) is 0.636. The number of nitrogens with zero attached hydrogens (tertiary/aromatic N) is 2. The fourth-order valence-corrected chi connectivity index (χ4v) is 1.97. The SMILES string of the molecule is Cc1cc(=O)n(CC2CCCCN2)cn1. The quantitative estimate of drug-likeness (QED) is 0.776. The highest BCUT2D eigenvalue weighted by Gasteiger charge is 2.13. The topological polar surface area (TPSA) is 46.9 Å². The Bertz CT molecular complexity index is 380. The van der Waals surface area contributed by atoms with Crippen LogP contribution in [0.1, 0.15) is 25.0 Å². The van der Waals surface area contributed by atoms with Crippen LogP contribution in [0.5, 0.6) is 0 Å². The van der Waals surface area contributed by atoms with E-state index in [9.17, 15) is 4.79 Å². The Kier molecular flexibility index (Phi) is 3.16. The Morgan fingerprint density at radius 1 is 1.60 bits per heavy atom. The van der Waals surface area contributed by atoms with E-state index in [0.717, 1.165) is 25.2 Å². The van der Waals surface area contributed by atoms with Gasteiger partial charge in [-0.1, -0.05) is 6.42 Å². The molecule has 0 bridgehead atoms. The lowest BCUT2D eigenvalue weighted by molar-refractivity contribution is 0.358. The van der Waals surface area contributed by atoms with Crippen LogP contribution in [0.15, 0.2) is 17.2 Å². The monoisotopic (exact) mass is 207 g/mol. The van der Waals surface area contributed by atoms with Crippen LogP contribution in [0, 0.1) is 6.92 Å². The normalized spacial score (nSPS) is 21.5. The largest absolute Gasteiger partial charge is 0.312 e. The maximum absolute atomic E-state index is 11.6. The van der Waals surface area contributed by atoms with E-state index in [1.165, 1.54) is 12.8 Å². The van der Waals surface area contributed by atoms with Gasteiger partial charge in [0, 0.05) is 24.3 Å². The minimum absolute atomic E-state index is 0.0508. The molecule has 4 heteroatoms. The first kappa shape index (κ1) is 10.4. The molecule has 1 aromatic heterocycles. The van der Waals surface area contributed by atoms with Gasteiger partial charge in [-0.05, 0) is 26.3 Å². The van der Waals surface area contributed by atoms with Crippen molar-refractivity contribution >= 4 is 0 Å². The van der Waals surface area contributed by atoms with Gasteiger partial charge in [-0.15, -0.1) is 0 Å². The highest BCUT2D eigenvalue weighted by molar-refractivity contribution is 4.96. The Morgan fingerprint density at radius 3 is 3.13 bits per heavy atom. The van der Waals surface area contributed by atoms with Crippen molar-refractivity contribution in [2.75, 3.05) is 6.54 Å². The van der Waals surface area contributed by atoms with Gasteiger partial charge in [0.05, 0.1) is 6.33 Å². The van der Waals surface area contributed by atoms with E-state index in [1.54, 1.807) is 17.0 Å². The van der Waals surface area contributed by atoms with Gasteiger partial charge in [-0.3, -0.25) is 9.36 Å². The number of aryl methyl sites for hydroxylation is 1. The van der Waals surface area contributed by atoms with Gasteiger partial charge in [0.2, 0.25) is 0 Å². The second-order valence-corrected chi connectivity index (χ2v) is 4.17. The van der Waals surface area contributed by atoms with Crippen molar-refractivity contribution in [3.63, 3.8) is 0 Å². The van der Waals surface area contributed by atoms with Crippen molar-refractivity contribution in [2.24, 2.45) is 0 Å². The lowest BCUT2D eigenvalue weighted by Crippen LogP contribution is -2.39. The van der Waals surface area contributed by atoms with Crippen molar-refractivity contribution in [1.82, 2.24) is 14.9 Å². The molecule has 1 fully saturated rings. The molecule has 1 aliphatic heterocycles. The van der Waals surface area contributed by atoms with Crippen LogP contribution in [0.25, 0.3) is 0 Å². The van der Waals surface area contributed by atoms with Crippen molar-refractivity contribution in [3.8, 4) is 0 Å². The van der Waals surface area contributed by atoms with Crippen LogP contribution >= 0.6 is 0 Å². The molecule has 0 amide bonds. The van der Waals surface area contributed by atoms with Crippen molar-refractivity contribution in [3.05, 3.63) is 28.4 Å². The smallest absolute Gasteiger partial charge is 0.253 e. The van der Waals surface area contributed by atoms with Crippen molar-refractivity contribution < 1.29 is 0 Å². The predicted molar refractivity (Wildman–Crippen MR) is 58.9 cm³/mol. The summed E-state index contributed by atoms with van der Waals surface area (Å²) in [7, 11) is 0. The van der Waals surface area contributed by atoms with Gasteiger partial charge in [-0.2, -0.15) is 0 Å². The zero-order valence-electron chi connectivity index (χ0n) is 9.07. The minimum atomic E-state index is 0.0508. The van der Waals surface area contributed by atoms with Crippen LogP contribution in [0.2, 0.25) is 0 Å². The molecule has 1 saturated heterocycles. The van der Waals surface area contributed by atoms with Gasteiger partial charge in [-0.25, -0.2) is 4.98 Å². The first-order chi connectivity index (χ1) is 7.25. The second kappa shape index (κ2) is 4.57. The maximum Gasteiger partial charge on any atom is 0.253 e. The maximum atomic E-state index is 11.6. The third-order valence-electron chi connectivity index (χ3n) is 2.85. The predicted octanol–water partition coefficient (Wildman–Crippen LogP) is 0.694. The third-order valence-corrected chi connectivity index (χ3v) is 2.85. The van der Waals surface area contributed by atoms with E-state index >= 15 is 0 Å². The summed E-state index contributed by atoms with van der Waals surface area (Å²) in [6, 6.07) is 2.02. The molecule has 0 spiro atoms. The van der Waals surface area contributed by atoms with Gasteiger partial charge >= 0.3 is 0 Å². The molecule has 0 aliphatic carbocycles. The van der Waals surface area contributed by atoms with E-state index in [4.69, 9.17) is 0 Å². The summed E-state index contributed by atoms with van der Waals surface area (Å²) in [5.74, 6) is 0. The van der Waals surface area contributed by atoms with Crippen molar-refractivity contribution in [2.45, 2.75) is 38.8 Å². The molecular formula is C11H17N3O. The lowest BCUT2D eigenvalue weighted by atomic mass is 10.1. The summed E-state index contributed by atoms with van der Waals surface area (Å²) >= 11 is 0. The molecule has 1 aliphatic rings. The molecule has 0 radical (unpaired) electrons. The van der Waals surface area contributed by atoms with Crippen LogP contribution < -0.4 is 10.9 Å². The summed E-state index contributed by atoms with van der Waals surface area (Å²) in [6.07, 6.45) is 5.30. The first-order valence-electron chi connectivity index (χ1n) is 5.52. The highest BCUT2D eigenvalue weighted by Crippen LogP contribution is 2.07. The molecule has 4 nitrogen and oxygen atoms in total. The van der Waals surface area contributed by atoms with Crippen molar-refractivity contribution in [1.29, 1.82) is 0 Å². The molecule has 2 rings (SSSR count). The summed E-state index contributed by atoms with van der Waals surface area (Å²) < 4.78 is 1.69. The molecule has 15 heavy (non-hydrogen) atoms. The number of hydrogen-bond acceptors (Lipinski definition) is 3. The Labute approximate surface area is 89.3 Å². The average molecular weight is 207 g/mol. The van der Waals surface area contributed by atoms with Crippen LogP contribution in [-0.2, 0) is 6.54 Å². The van der Waals surface area contributed by atoms with Crippen LogP contribution in [-0.4, -0.2) is 22.1 Å². The molecule has 1 unspecified atom stereocenters. The zero-order chi connectivity index (χ0) is 10.7.